The summed E-state index contributed by atoms with van der Waals surface area (Å²) in [6, 6.07) is 36.7. The number of rotatable bonds is 9. The van der Waals surface area contributed by atoms with Crippen LogP contribution in [0.25, 0.3) is 0 Å². The second-order valence-corrected chi connectivity index (χ2v) is 13.8. The van der Waals surface area contributed by atoms with Crippen LogP contribution in [0.3, 0.4) is 0 Å². The molecule has 7 rings (SSSR count). The number of anilines is 2. The highest BCUT2D eigenvalue weighted by Gasteiger charge is 2.52. The van der Waals surface area contributed by atoms with Gasteiger partial charge in [0.2, 0.25) is 0 Å². The highest BCUT2D eigenvalue weighted by atomic mass is 19.1. The van der Waals surface area contributed by atoms with Gasteiger partial charge in [-0.05, 0) is 68.7 Å². The molecule has 0 atom stereocenters. The van der Waals surface area contributed by atoms with Gasteiger partial charge in [0.1, 0.15) is 23.3 Å². The molecule has 0 amide bonds. The van der Waals surface area contributed by atoms with Gasteiger partial charge in [-0.15, -0.1) is 0 Å². The van der Waals surface area contributed by atoms with Gasteiger partial charge in [0, 0.05) is 28.5 Å². The lowest BCUT2D eigenvalue weighted by Gasteiger charge is -2.38. The summed E-state index contributed by atoms with van der Waals surface area (Å²) >= 11 is 0. The summed E-state index contributed by atoms with van der Waals surface area (Å²) in [4.78, 5) is 6.29. The maximum atomic E-state index is 16.6. The fourth-order valence-electron chi connectivity index (χ4n) is 6.55. The molecule has 2 fully saturated rings. The number of aromatic nitrogens is 1. The Kier molecular flexibility index (Phi) is 8.37. The van der Waals surface area contributed by atoms with E-state index in [1.807, 2.05) is 124 Å². The average molecular weight is 657 g/mol. The number of benzene rings is 4. The lowest BCUT2D eigenvalue weighted by molar-refractivity contribution is 0.00578. The van der Waals surface area contributed by atoms with Crippen LogP contribution in [0.2, 0.25) is 0 Å². The lowest BCUT2D eigenvalue weighted by atomic mass is 9.75. The first kappa shape index (κ1) is 32.7. The van der Waals surface area contributed by atoms with E-state index >= 15 is 4.39 Å². The molecule has 0 saturated carbocycles. The molecule has 4 aromatic carbocycles. The summed E-state index contributed by atoms with van der Waals surface area (Å²) in [5.41, 5.74) is 2.20. The first-order valence-electron chi connectivity index (χ1n) is 16.6. The highest BCUT2D eigenvalue weighted by Crippen LogP contribution is 2.42. The van der Waals surface area contributed by atoms with Gasteiger partial charge in [-0.25, -0.2) is 13.8 Å². The van der Waals surface area contributed by atoms with Crippen molar-refractivity contribution in [3.8, 4) is 0 Å². The van der Waals surface area contributed by atoms with Crippen LogP contribution in [0.15, 0.2) is 121 Å². The molecule has 0 spiro atoms. The van der Waals surface area contributed by atoms with Crippen LogP contribution in [0, 0.1) is 11.2 Å². The van der Waals surface area contributed by atoms with E-state index in [-0.39, 0.29) is 24.3 Å². The lowest BCUT2D eigenvalue weighted by Crippen LogP contribution is -2.48. The van der Waals surface area contributed by atoms with Crippen molar-refractivity contribution in [3.63, 3.8) is 0 Å². The van der Waals surface area contributed by atoms with Crippen LogP contribution < -0.4 is 15.7 Å². The summed E-state index contributed by atoms with van der Waals surface area (Å²) in [7, 11) is -0.983. The van der Waals surface area contributed by atoms with Gasteiger partial charge in [-0.2, -0.15) is 0 Å². The van der Waals surface area contributed by atoms with Gasteiger partial charge < -0.3 is 19.5 Å². The molecule has 0 radical (unpaired) electrons. The molecule has 49 heavy (non-hydrogen) atoms. The molecule has 1 aromatic heterocycles. The van der Waals surface area contributed by atoms with Gasteiger partial charge in [-0.3, -0.25) is 5.41 Å². The standard InChI is InChI=1S/C40H39BF2N4O2/c1-38(2)39(3,4)49-41(48-38)33-23-32(37(44)27-20-21-45-36(22-27)47-25-31(42)26-47)35(24-34(33)43)46-40(28-14-8-5-9-15-28,29-16-10-6-11-17-29)30-18-12-7-13-19-30/h5-24,31,44,46H,25-26H2,1-4H3. The summed E-state index contributed by atoms with van der Waals surface area (Å²) < 4.78 is 42.9. The molecule has 5 aromatic rings. The molecule has 2 aliphatic rings. The predicted octanol–water partition coefficient (Wildman–Crippen LogP) is 7.50. The second-order valence-electron chi connectivity index (χ2n) is 13.8. The first-order chi connectivity index (χ1) is 23.5. The third-order valence-electron chi connectivity index (χ3n) is 10.1. The second kappa shape index (κ2) is 12.5. The Hall–Kier alpha value is -4.86. The quantitative estimate of drug-likeness (QED) is 0.0978. The van der Waals surface area contributed by atoms with Crippen molar-refractivity contribution in [2.24, 2.45) is 0 Å². The molecule has 0 unspecified atom stereocenters. The maximum Gasteiger partial charge on any atom is 0.497 e. The van der Waals surface area contributed by atoms with Crippen molar-refractivity contribution in [3.05, 3.63) is 155 Å². The Morgan fingerprint density at radius 2 is 1.33 bits per heavy atom. The van der Waals surface area contributed by atoms with E-state index in [9.17, 15) is 9.80 Å². The third kappa shape index (κ3) is 5.91. The van der Waals surface area contributed by atoms with Gasteiger partial charge in [0.15, 0.2) is 0 Å². The minimum absolute atomic E-state index is 0.143. The number of hydrogen-bond acceptors (Lipinski definition) is 6. The van der Waals surface area contributed by atoms with Crippen LogP contribution >= 0.6 is 0 Å². The molecule has 6 nitrogen and oxygen atoms in total. The molecular formula is C40H39BF2N4O2. The minimum Gasteiger partial charge on any atom is -0.399 e. The van der Waals surface area contributed by atoms with E-state index in [1.165, 1.54) is 6.07 Å². The Bertz CT molecular complexity index is 1860. The molecule has 2 N–H and O–H groups in total. The molecule has 0 bridgehead atoms. The van der Waals surface area contributed by atoms with Crippen molar-refractivity contribution in [1.29, 1.82) is 5.41 Å². The Balaban J connectivity index is 1.43. The number of hydrogen-bond donors (Lipinski definition) is 2. The van der Waals surface area contributed by atoms with E-state index in [0.717, 1.165) is 16.7 Å². The van der Waals surface area contributed by atoms with Crippen LogP contribution in [-0.4, -0.2) is 48.3 Å². The number of pyridine rings is 1. The van der Waals surface area contributed by atoms with Crippen LogP contribution in [-0.2, 0) is 14.8 Å². The first-order valence-corrected chi connectivity index (χ1v) is 16.6. The van der Waals surface area contributed by atoms with Crippen molar-refractivity contribution < 1.29 is 18.1 Å². The number of nitrogens with zero attached hydrogens (tertiary/aromatic N) is 2. The molecule has 3 heterocycles. The summed E-state index contributed by atoms with van der Waals surface area (Å²) in [5, 5.41) is 13.4. The maximum absolute atomic E-state index is 16.6. The third-order valence-corrected chi connectivity index (χ3v) is 10.1. The van der Waals surface area contributed by atoms with Crippen molar-refractivity contribution in [1.82, 2.24) is 4.98 Å². The predicted molar refractivity (Wildman–Crippen MR) is 192 cm³/mol. The zero-order chi connectivity index (χ0) is 34.4. The fourth-order valence-corrected chi connectivity index (χ4v) is 6.55. The Labute approximate surface area is 286 Å². The monoisotopic (exact) mass is 656 g/mol. The van der Waals surface area contributed by atoms with Gasteiger partial charge in [-0.1, -0.05) is 91.0 Å². The van der Waals surface area contributed by atoms with E-state index in [2.05, 4.69) is 10.3 Å². The minimum atomic E-state index is -0.983. The molecule has 0 aliphatic carbocycles. The summed E-state index contributed by atoms with van der Waals surface area (Å²) in [6.45, 7) is 8.21. The van der Waals surface area contributed by atoms with Gasteiger partial charge >= 0.3 is 7.12 Å². The summed E-state index contributed by atoms with van der Waals surface area (Å²) in [5.74, 6) is 0.0665. The van der Waals surface area contributed by atoms with Crippen LogP contribution in [0.4, 0.5) is 20.3 Å². The Morgan fingerprint density at radius 3 is 1.82 bits per heavy atom. The topological polar surface area (TPSA) is 70.5 Å². The number of halogens is 2. The molecule has 2 saturated heterocycles. The number of nitrogens with one attached hydrogen (secondary N) is 2. The smallest absolute Gasteiger partial charge is 0.399 e. The average Bonchev–Trinajstić information content (AvgIpc) is 3.32. The van der Waals surface area contributed by atoms with E-state index in [4.69, 9.17) is 9.31 Å². The van der Waals surface area contributed by atoms with E-state index in [0.29, 0.717) is 22.6 Å². The number of alkyl halides is 1. The van der Waals surface area contributed by atoms with Crippen LogP contribution in [0.1, 0.15) is 55.5 Å². The molecule has 2 aliphatic heterocycles. The zero-order valence-electron chi connectivity index (χ0n) is 28.1. The fraction of sp³-hybridized carbons (Fsp3) is 0.250. The van der Waals surface area contributed by atoms with Gasteiger partial charge in [0.05, 0.1) is 30.0 Å². The Morgan fingerprint density at radius 1 is 0.816 bits per heavy atom. The van der Waals surface area contributed by atoms with Gasteiger partial charge in [0.25, 0.3) is 0 Å². The molecule has 9 heteroatoms. The highest BCUT2D eigenvalue weighted by molar-refractivity contribution is 6.62. The van der Waals surface area contributed by atoms with Crippen molar-refractivity contribution >= 4 is 29.8 Å². The normalized spacial score (nSPS) is 17.1. The zero-order valence-corrected chi connectivity index (χ0v) is 28.1. The van der Waals surface area contributed by atoms with E-state index in [1.54, 1.807) is 24.4 Å². The molecular weight excluding hydrogens is 617 g/mol. The van der Waals surface area contributed by atoms with Crippen molar-refractivity contribution in [2.45, 2.75) is 50.6 Å². The SMILES string of the molecule is CC1(C)OB(c2cc(C(=N)c3ccnc(N4CC(F)C4)c3)c(NC(c3ccccc3)(c3ccccc3)c3ccccc3)cc2F)OC1(C)C. The largest absolute Gasteiger partial charge is 0.497 e. The molecule has 248 valence electrons. The van der Waals surface area contributed by atoms with E-state index < -0.39 is 35.8 Å². The van der Waals surface area contributed by atoms with Crippen LogP contribution in [0.5, 0.6) is 0 Å². The van der Waals surface area contributed by atoms with Crippen molar-refractivity contribution in [2.75, 3.05) is 23.3 Å². The summed E-state index contributed by atoms with van der Waals surface area (Å²) in [6.07, 6.45) is 0.723.